The zero-order valence-corrected chi connectivity index (χ0v) is 19.1. The second-order valence-electron chi connectivity index (χ2n) is 8.15. The molecule has 1 saturated heterocycles. The van der Waals surface area contributed by atoms with Crippen molar-refractivity contribution in [3.05, 3.63) is 40.6 Å². The maximum Gasteiger partial charge on any atom is 0.404 e. The number of halogens is 1. The van der Waals surface area contributed by atoms with Crippen LogP contribution in [0.25, 0.3) is 11.2 Å². The highest BCUT2D eigenvalue weighted by Crippen LogP contribution is 2.32. The molecule has 0 radical (unpaired) electrons. The van der Waals surface area contributed by atoms with Gasteiger partial charge in [0, 0.05) is 19.6 Å². The number of nitrogens with zero attached hydrogens (tertiary/aromatic N) is 5. The molecule has 31 heavy (non-hydrogen) atoms. The van der Waals surface area contributed by atoms with Crippen LogP contribution in [0.4, 0.5) is 10.6 Å². The van der Waals surface area contributed by atoms with E-state index in [-0.39, 0.29) is 5.41 Å². The van der Waals surface area contributed by atoms with Crippen LogP contribution in [-0.4, -0.2) is 57.7 Å². The number of methoxy groups -OCH3 is 1. The van der Waals surface area contributed by atoms with E-state index in [2.05, 4.69) is 43.2 Å². The first kappa shape index (κ1) is 21.4. The smallest absolute Gasteiger partial charge is 0.404 e. The van der Waals surface area contributed by atoms with Gasteiger partial charge in [0.05, 0.1) is 19.9 Å². The molecule has 0 aliphatic carbocycles. The molecule has 0 bridgehead atoms. The van der Waals surface area contributed by atoms with E-state index >= 15 is 0 Å². The van der Waals surface area contributed by atoms with Crippen LogP contribution >= 0.6 is 15.9 Å². The summed E-state index contributed by atoms with van der Waals surface area (Å²) >= 11 is 3.50. The molecule has 1 aromatic carbocycles. The van der Waals surface area contributed by atoms with E-state index in [0.717, 1.165) is 54.2 Å². The summed E-state index contributed by atoms with van der Waals surface area (Å²) in [7, 11) is 1.65. The lowest BCUT2D eigenvalue weighted by Gasteiger charge is -2.39. The highest BCUT2D eigenvalue weighted by molar-refractivity contribution is 9.10. The molecule has 2 N–H and O–H groups in total. The summed E-state index contributed by atoms with van der Waals surface area (Å²) in [5.74, 6) is 1.62. The Hall–Kier alpha value is -2.88. The number of piperidine rings is 1. The van der Waals surface area contributed by atoms with Crippen molar-refractivity contribution < 1.29 is 14.6 Å². The van der Waals surface area contributed by atoms with Crippen LogP contribution in [0.3, 0.4) is 0 Å². The highest BCUT2D eigenvalue weighted by atomic mass is 79.9. The lowest BCUT2D eigenvalue weighted by Crippen LogP contribution is -2.44. The minimum atomic E-state index is -0.976. The number of carbonyl (C=O) groups is 1. The van der Waals surface area contributed by atoms with E-state index in [9.17, 15) is 4.79 Å². The molecule has 1 aliphatic heterocycles. The third kappa shape index (κ3) is 4.73. The predicted octanol–water partition coefficient (Wildman–Crippen LogP) is 3.52. The largest absolute Gasteiger partial charge is 0.497 e. The quantitative estimate of drug-likeness (QED) is 0.546. The number of benzene rings is 1. The van der Waals surface area contributed by atoms with Gasteiger partial charge in [0.25, 0.3) is 0 Å². The van der Waals surface area contributed by atoms with Gasteiger partial charge in [-0.05, 0) is 51.9 Å². The van der Waals surface area contributed by atoms with Gasteiger partial charge in [0.15, 0.2) is 10.3 Å². The molecule has 0 spiro atoms. The normalized spacial score (nSPS) is 15.8. The minimum absolute atomic E-state index is 0.0500. The summed E-state index contributed by atoms with van der Waals surface area (Å²) in [5, 5.41) is 16.0. The van der Waals surface area contributed by atoms with Gasteiger partial charge in [-0.3, -0.25) is 0 Å². The molecule has 2 aromatic heterocycles. The van der Waals surface area contributed by atoms with E-state index in [1.54, 1.807) is 13.3 Å². The molecule has 3 aromatic rings. The molecule has 1 amide bonds. The predicted molar refractivity (Wildman–Crippen MR) is 121 cm³/mol. The average Bonchev–Trinajstić information content (AvgIpc) is 3.08. The fourth-order valence-electron chi connectivity index (χ4n) is 3.80. The second kappa shape index (κ2) is 8.70. The molecule has 0 unspecified atom stereocenters. The zero-order valence-electron chi connectivity index (χ0n) is 17.5. The molecule has 1 aliphatic rings. The van der Waals surface area contributed by atoms with Crippen molar-refractivity contribution >= 4 is 39.0 Å². The van der Waals surface area contributed by atoms with Gasteiger partial charge in [0.1, 0.15) is 17.1 Å². The summed E-state index contributed by atoms with van der Waals surface area (Å²) < 4.78 is 7.74. The van der Waals surface area contributed by atoms with E-state index in [4.69, 9.17) is 14.8 Å². The van der Waals surface area contributed by atoms with Crippen molar-refractivity contribution in [2.75, 3.05) is 31.6 Å². The minimum Gasteiger partial charge on any atom is -0.497 e. The lowest BCUT2D eigenvalue weighted by atomic mass is 9.80. The Labute approximate surface area is 188 Å². The van der Waals surface area contributed by atoms with Gasteiger partial charge in [-0.25, -0.2) is 19.4 Å². The van der Waals surface area contributed by atoms with Gasteiger partial charge < -0.3 is 20.1 Å². The van der Waals surface area contributed by atoms with Gasteiger partial charge in [-0.15, -0.1) is 0 Å². The van der Waals surface area contributed by atoms with Crippen LogP contribution < -0.4 is 15.0 Å². The van der Waals surface area contributed by atoms with E-state index in [1.807, 2.05) is 28.9 Å². The number of nitrogens with one attached hydrogen (secondary N) is 1. The monoisotopic (exact) mass is 488 g/mol. The summed E-state index contributed by atoms with van der Waals surface area (Å²) in [5.41, 5.74) is 2.49. The Balaban J connectivity index is 1.52. The number of rotatable bonds is 6. The standard InChI is InChI=1S/C21H25BrN6O3/c1-21(13-24-20(29)30)7-9-27(10-8-21)16-11-23-17-18(22)26-28(19(17)25-16)12-14-3-5-15(31-2)6-4-14/h3-6,11,24H,7-10,12-13H2,1-2H3,(H,29,30). The number of fused-ring (bicyclic) bond motifs is 1. The molecule has 3 heterocycles. The average molecular weight is 489 g/mol. The number of anilines is 1. The Morgan fingerprint density at radius 3 is 2.65 bits per heavy atom. The molecule has 0 saturated carbocycles. The SMILES string of the molecule is COc1ccc(Cn2nc(Br)c3ncc(N4CCC(C)(CNC(=O)O)CC4)nc32)cc1. The van der Waals surface area contributed by atoms with Crippen molar-refractivity contribution in [3.63, 3.8) is 0 Å². The van der Waals surface area contributed by atoms with E-state index in [0.29, 0.717) is 17.7 Å². The molecule has 1 fully saturated rings. The molecule has 164 valence electrons. The summed E-state index contributed by atoms with van der Waals surface area (Å²) in [6, 6.07) is 7.87. The lowest BCUT2D eigenvalue weighted by molar-refractivity contribution is 0.178. The topological polar surface area (TPSA) is 105 Å². The first-order valence-electron chi connectivity index (χ1n) is 10.1. The maximum atomic E-state index is 10.8. The van der Waals surface area contributed by atoms with Crippen LogP contribution in [0.5, 0.6) is 5.75 Å². The van der Waals surface area contributed by atoms with Crippen molar-refractivity contribution in [1.29, 1.82) is 0 Å². The molecular weight excluding hydrogens is 464 g/mol. The fourth-order valence-corrected chi connectivity index (χ4v) is 4.28. The molecular formula is C21H25BrN6O3. The Bertz CT molecular complexity index is 1080. The molecule has 4 rings (SSSR count). The van der Waals surface area contributed by atoms with Crippen molar-refractivity contribution in [2.24, 2.45) is 5.41 Å². The van der Waals surface area contributed by atoms with Crippen molar-refractivity contribution in [3.8, 4) is 5.75 Å². The van der Waals surface area contributed by atoms with E-state index < -0.39 is 6.09 Å². The third-order valence-corrected chi connectivity index (χ3v) is 6.38. The molecule has 9 nitrogen and oxygen atoms in total. The Kier molecular flexibility index (Phi) is 5.99. The highest BCUT2D eigenvalue weighted by Gasteiger charge is 2.31. The van der Waals surface area contributed by atoms with Crippen LogP contribution in [-0.2, 0) is 6.54 Å². The van der Waals surface area contributed by atoms with Crippen LogP contribution in [0, 0.1) is 5.41 Å². The van der Waals surface area contributed by atoms with Gasteiger partial charge in [0.2, 0.25) is 0 Å². The summed E-state index contributed by atoms with van der Waals surface area (Å²) in [6.07, 6.45) is 2.56. The van der Waals surface area contributed by atoms with Crippen LogP contribution in [0.2, 0.25) is 0 Å². The van der Waals surface area contributed by atoms with Crippen molar-refractivity contribution in [1.82, 2.24) is 25.1 Å². The van der Waals surface area contributed by atoms with Gasteiger partial charge in [-0.2, -0.15) is 5.10 Å². The number of amides is 1. The number of carboxylic acid groups (broad SMARTS) is 1. The first-order chi connectivity index (χ1) is 14.9. The summed E-state index contributed by atoms with van der Waals surface area (Å²) in [6.45, 7) is 4.75. The third-order valence-electron chi connectivity index (χ3n) is 5.84. The number of hydrogen-bond acceptors (Lipinski definition) is 6. The zero-order chi connectivity index (χ0) is 22.0. The Morgan fingerprint density at radius 2 is 2.00 bits per heavy atom. The Morgan fingerprint density at radius 1 is 1.29 bits per heavy atom. The van der Waals surface area contributed by atoms with Crippen LogP contribution in [0.1, 0.15) is 25.3 Å². The van der Waals surface area contributed by atoms with E-state index in [1.165, 1.54) is 0 Å². The summed E-state index contributed by atoms with van der Waals surface area (Å²) in [4.78, 5) is 22.5. The van der Waals surface area contributed by atoms with Gasteiger partial charge in [-0.1, -0.05) is 19.1 Å². The van der Waals surface area contributed by atoms with Crippen LogP contribution in [0.15, 0.2) is 35.1 Å². The fraction of sp³-hybridized carbons (Fsp3) is 0.429. The number of aromatic nitrogens is 4. The first-order valence-corrected chi connectivity index (χ1v) is 10.9. The van der Waals surface area contributed by atoms with Crippen molar-refractivity contribution in [2.45, 2.75) is 26.3 Å². The maximum absolute atomic E-state index is 10.8. The molecule has 10 heteroatoms. The number of ether oxygens (including phenoxy) is 1. The second-order valence-corrected chi connectivity index (χ2v) is 8.90. The van der Waals surface area contributed by atoms with Gasteiger partial charge >= 0.3 is 6.09 Å². The number of hydrogen-bond donors (Lipinski definition) is 2. The molecule has 0 atom stereocenters.